The molecule has 0 bridgehead atoms. The lowest BCUT2D eigenvalue weighted by Gasteiger charge is -2.08. The van der Waals surface area contributed by atoms with Crippen molar-refractivity contribution in [3.63, 3.8) is 0 Å². The van der Waals surface area contributed by atoms with Crippen molar-refractivity contribution >= 4 is 11.8 Å². The summed E-state index contributed by atoms with van der Waals surface area (Å²) in [4.78, 5) is 19.9. The molecule has 2 heterocycles. The van der Waals surface area contributed by atoms with E-state index in [9.17, 15) is 4.79 Å². The third-order valence-electron chi connectivity index (χ3n) is 4.07. The van der Waals surface area contributed by atoms with Crippen LogP contribution in [0.5, 0.6) is 11.8 Å². The van der Waals surface area contributed by atoms with Gasteiger partial charge in [-0.1, -0.05) is 18.2 Å². The van der Waals surface area contributed by atoms with Crippen LogP contribution in [0.1, 0.15) is 24.1 Å². The van der Waals surface area contributed by atoms with Crippen LogP contribution in [0, 0.1) is 0 Å². The van der Waals surface area contributed by atoms with Crippen LogP contribution in [0.4, 0.5) is 5.82 Å². The van der Waals surface area contributed by atoms with Crippen molar-refractivity contribution in [3.05, 3.63) is 66.2 Å². The van der Waals surface area contributed by atoms with E-state index in [0.29, 0.717) is 19.4 Å². The van der Waals surface area contributed by atoms with E-state index in [1.54, 1.807) is 0 Å². The first-order valence-corrected chi connectivity index (χ1v) is 9.18. The predicted octanol–water partition coefficient (Wildman–Crippen LogP) is 3.66. The molecule has 0 aliphatic carbocycles. The van der Waals surface area contributed by atoms with Gasteiger partial charge in [-0.25, -0.2) is 4.98 Å². The second-order valence-electron chi connectivity index (χ2n) is 6.13. The molecule has 0 radical (unpaired) electrons. The van der Waals surface area contributed by atoms with Crippen molar-refractivity contribution in [1.29, 1.82) is 0 Å². The zero-order valence-electron chi connectivity index (χ0n) is 15.8. The van der Waals surface area contributed by atoms with Gasteiger partial charge in [-0.05, 0) is 42.7 Å². The number of carbonyl (C=O) groups is 1. The van der Waals surface area contributed by atoms with E-state index < -0.39 is 0 Å². The number of aryl methyl sites for hydroxylation is 1. The molecular weight excluding hydrogens is 358 g/mol. The summed E-state index contributed by atoms with van der Waals surface area (Å²) in [7, 11) is 1.85. The van der Waals surface area contributed by atoms with Gasteiger partial charge in [0.1, 0.15) is 17.8 Å². The number of oxazole rings is 1. The van der Waals surface area contributed by atoms with Gasteiger partial charge in [-0.2, -0.15) is 4.98 Å². The number of nitrogens with one attached hydrogen (secondary N) is 1. The Labute approximate surface area is 163 Å². The molecule has 7 nitrogen and oxygen atoms in total. The molecule has 146 valence electrons. The molecule has 0 saturated heterocycles. The van der Waals surface area contributed by atoms with Crippen LogP contribution < -0.4 is 14.8 Å². The Morgan fingerprint density at radius 1 is 1.14 bits per heavy atom. The first-order valence-electron chi connectivity index (χ1n) is 9.18. The van der Waals surface area contributed by atoms with Crippen LogP contribution in [0.25, 0.3) is 0 Å². The maximum absolute atomic E-state index is 11.7. The monoisotopic (exact) mass is 381 g/mol. The molecule has 0 amide bonds. The molecule has 0 aliphatic rings. The van der Waals surface area contributed by atoms with Gasteiger partial charge < -0.3 is 19.2 Å². The van der Waals surface area contributed by atoms with E-state index in [4.69, 9.17) is 13.9 Å². The summed E-state index contributed by atoms with van der Waals surface area (Å²) >= 11 is 0. The molecule has 0 spiro atoms. The topological polar surface area (TPSA) is 86.5 Å². The standard InChI is InChI=1S/C21H23N3O4/c1-22-19-6-3-5-17(24-19)12-14-26-18-10-8-16(9-11-18)4-2-7-20(25)28-21-23-13-15-27-21/h3,5-6,8-11,13,15H,2,4,7,12,14H2,1H3,(H,22,24). The third kappa shape index (κ3) is 6.12. The van der Waals surface area contributed by atoms with E-state index in [1.165, 1.54) is 12.5 Å². The first-order chi connectivity index (χ1) is 13.7. The van der Waals surface area contributed by atoms with Gasteiger partial charge in [0.2, 0.25) is 0 Å². The Bertz CT molecular complexity index is 864. The summed E-state index contributed by atoms with van der Waals surface area (Å²) in [5, 5.41) is 3.03. The fourth-order valence-electron chi connectivity index (χ4n) is 2.63. The average Bonchev–Trinajstić information content (AvgIpc) is 3.22. The molecule has 3 rings (SSSR count). The fourth-order valence-corrected chi connectivity index (χ4v) is 2.63. The highest BCUT2D eigenvalue weighted by Crippen LogP contribution is 2.15. The smallest absolute Gasteiger partial charge is 0.401 e. The molecule has 1 aromatic carbocycles. The molecule has 3 aromatic rings. The zero-order valence-corrected chi connectivity index (χ0v) is 15.8. The molecule has 28 heavy (non-hydrogen) atoms. The quantitative estimate of drug-likeness (QED) is 0.536. The molecule has 0 unspecified atom stereocenters. The van der Waals surface area contributed by atoms with Crippen molar-refractivity contribution in [2.45, 2.75) is 25.7 Å². The number of pyridine rings is 1. The van der Waals surface area contributed by atoms with Gasteiger partial charge in [0.25, 0.3) is 0 Å². The van der Waals surface area contributed by atoms with Crippen molar-refractivity contribution in [3.8, 4) is 11.8 Å². The molecule has 0 fully saturated rings. The molecule has 0 saturated carbocycles. The van der Waals surface area contributed by atoms with Crippen LogP contribution >= 0.6 is 0 Å². The lowest BCUT2D eigenvalue weighted by Crippen LogP contribution is -2.08. The Balaban J connectivity index is 1.36. The summed E-state index contributed by atoms with van der Waals surface area (Å²) in [5.74, 6) is 1.32. The number of hydrogen-bond acceptors (Lipinski definition) is 7. The fraction of sp³-hybridized carbons (Fsp3) is 0.286. The van der Waals surface area contributed by atoms with Gasteiger partial charge in [0.15, 0.2) is 0 Å². The average molecular weight is 381 g/mol. The Morgan fingerprint density at radius 2 is 2.00 bits per heavy atom. The molecule has 2 aromatic heterocycles. The van der Waals surface area contributed by atoms with E-state index in [2.05, 4.69) is 15.3 Å². The third-order valence-corrected chi connectivity index (χ3v) is 4.07. The van der Waals surface area contributed by atoms with Gasteiger partial charge in [-0.15, -0.1) is 0 Å². The number of carbonyl (C=O) groups excluding carboxylic acids is 1. The lowest BCUT2D eigenvalue weighted by atomic mass is 10.1. The summed E-state index contributed by atoms with van der Waals surface area (Å²) in [6.07, 6.45) is 5.29. The van der Waals surface area contributed by atoms with E-state index >= 15 is 0 Å². The number of benzene rings is 1. The highest BCUT2D eigenvalue weighted by atomic mass is 16.6. The van der Waals surface area contributed by atoms with E-state index in [-0.39, 0.29) is 12.0 Å². The van der Waals surface area contributed by atoms with Crippen LogP contribution in [0.2, 0.25) is 0 Å². The summed E-state index contributed by atoms with van der Waals surface area (Å²) in [5.41, 5.74) is 2.12. The number of ether oxygens (including phenoxy) is 2. The number of aromatic nitrogens is 2. The SMILES string of the molecule is CNc1cccc(CCOc2ccc(CCCC(=O)Oc3ncco3)cc2)n1. The van der Waals surface area contributed by atoms with Crippen molar-refractivity contribution < 1.29 is 18.7 Å². The minimum absolute atomic E-state index is 0.0145. The number of hydrogen-bond donors (Lipinski definition) is 1. The lowest BCUT2D eigenvalue weighted by molar-refractivity contribution is -0.136. The van der Waals surface area contributed by atoms with E-state index in [1.807, 2.05) is 49.5 Å². The highest BCUT2D eigenvalue weighted by Gasteiger charge is 2.08. The van der Waals surface area contributed by atoms with Crippen molar-refractivity contribution in [2.24, 2.45) is 0 Å². The van der Waals surface area contributed by atoms with Gasteiger partial charge >= 0.3 is 12.0 Å². The van der Waals surface area contributed by atoms with Crippen LogP contribution in [-0.2, 0) is 17.6 Å². The summed E-state index contributed by atoms with van der Waals surface area (Å²) in [6.45, 7) is 0.562. The predicted molar refractivity (Wildman–Crippen MR) is 105 cm³/mol. The maximum Gasteiger partial charge on any atom is 0.401 e. The second-order valence-corrected chi connectivity index (χ2v) is 6.13. The van der Waals surface area contributed by atoms with E-state index in [0.717, 1.165) is 35.7 Å². The summed E-state index contributed by atoms with van der Waals surface area (Å²) < 4.78 is 15.6. The van der Waals surface area contributed by atoms with Crippen molar-refractivity contribution in [1.82, 2.24) is 9.97 Å². The van der Waals surface area contributed by atoms with Gasteiger partial charge in [-0.3, -0.25) is 4.79 Å². The number of rotatable bonds is 10. The Morgan fingerprint density at radius 3 is 2.75 bits per heavy atom. The Kier molecular flexibility index (Phi) is 7.01. The Hall–Kier alpha value is -3.35. The van der Waals surface area contributed by atoms with Crippen LogP contribution in [-0.4, -0.2) is 29.6 Å². The molecule has 0 atom stereocenters. The number of anilines is 1. The number of esters is 1. The molecule has 0 aliphatic heterocycles. The normalized spacial score (nSPS) is 10.5. The van der Waals surface area contributed by atoms with Crippen molar-refractivity contribution in [2.75, 3.05) is 19.0 Å². The zero-order chi connectivity index (χ0) is 19.6. The van der Waals surface area contributed by atoms with Gasteiger partial charge in [0.05, 0.1) is 12.8 Å². The first kappa shape index (κ1) is 19.4. The highest BCUT2D eigenvalue weighted by molar-refractivity contribution is 5.71. The minimum Gasteiger partial charge on any atom is -0.493 e. The molecule has 7 heteroatoms. The largest absolute Gasteiger partial charge is 0.493 e. The molecular formula is C21H23N3O4. The second kappa shape index (κ2) is 10.1. The maximum atomic E-state index is 11.7. The van der Waals surface area contributed by atoms with Gasteiger partial charge in [0, 0.05) is 25.6 Å². The van der Waals surface area contributed by atoms with Crippen LogP contribution in [0.15, 0.2) is 59.3 Å². The van der Waals surface area contributed by atoms with Crippen LogP contribution in [0.3, 0.4) is 0 Å². The number of nitrogens with zero attached hydrogens (tertiary/aromatic N) is 2. The minimum atomic E-state index is -0.349. The summed E-state index contributed by atoms with van der Waals surface area (Å²) in [6, 6.07) is 13.8. The molecule has 1 N–H and O–H groups in total.